The van der Waals surface area contributed by atoms with E-state index in [4.69, 9.17) is 0 Å². The summed E-state index contributed by atoms with van der Waals surface area (Å²) in [6, 6.07) is 0.571. The molecule has 0 spiro atoms. The summed E-state index contributed by atoms with van der Waals surface area (Å²) >= 11 is 1.41. The van der Waals surface area contributed by atoms with Gasteiger partial charge in [0.25, 0.3) is 0 Å². The summed E-state index contributed by atoms with van der Waals surface area (Å²) in [6.45, 7) is 14.6. The maximum absolute atomic E-state index is 10.6. The van der Waals surface area contributed by atoms with Crippen molar-refractivity contribution in [1.82, 2.24) is 4.90 Å². The molecule has 0 aromatic rings. The first-order valence-corrected chi connectivity index (χ1v) is 7.46. The van der Waals surface area contributed by atoms with Crippen molar-refractivity contribution >= 4 is 17.4 Å². The molecule has 0 aliphatic rings. The highest BCUT2D eigenvalue weighted by Crippen LogP contribution is 2.36. The second-order valence-corrected chi connectivity index (χ2v) is 7.33. The molecule has 2 atom stereocenters. The lowest BCUT2D eigenvalue weighted by Gasteiger charge is -2.40. The van der Waals surface area contributed by atoms with Crippen LogP contribution in [-0.2, 0) is 4.79 Å². The van der Waals surface area contributed by atoms with Crippen LogP contribution in [0.1, 0.15) is 48.0 Å². The van der Waals surface area contributed by atoms with E-state index in [1.807, 2.05) is 0 Å². The van der Waals surface area contributed by atoms with Gasteiger partial charge in [-0.3, -0.25) is 4.79 Å². The van der Waals surface area contributed by atoms with Crippen LogP contribution in [0.15, 0.2) is 0 Å². The molecule has 0 rings (SSSR count). The van der Waals surface area contributed by atoms with Gasteiger partial charge in [-0.2, -0.15) is 0 Å². The van der Waals surface area contributed by atoms with E-state index >= 15 is 0 Å². The van der Waals surface area contributed by atoms with Gasteiger partial charge in [0.15, 0.2) is 5.62 Å². The molecule has 0 bridgehead atoms. The first-order valence-electron chi connectivity index (χ1n) is 6.52. The molecule has 3 heteroatoms. The van der Waals surface area contributed by atoms with Gasteiger partial charge in [-0.05, 0) is 38.6 Å². The third kappa shape index (κ3) is 5.91. The normalized spacial score (nSPS) is 17.5. The monoisotopic (exact) mass is 259 g/mol. The molecule has 0 fully saturated rings. The van der Waals surface area contributed by atoms with Gasteiger partial charge in [0.2, 0.25) is 0 Å². The Morgan fingerprint density at radius 3 is 2.12 bits per heavy atom. The van der Waals surface area contributed by atoms with Crippen molar-refractivity contribution in [3.05, 3.63) is 0 Å². The summed E-state index contributed by atoms with van der Waals surface area (Å²) in [5.74, 6) is 0.624. The van der Waals surface area contributed by atoms with Crippen LogP contribution >= 0.6 is 11.8 Å². The summed E-state index contributed by atoms with van der Waals surface area (Å²) in [5, 5.41) is 0.403. The molecule has 0 aliphatic heterocycles. The zero-order valence-electron chi connectivity index (χ0n) is 12.5. The first-order chi connectivity index (χ1) is 7.73. The summed E-state index contributed by atoms with van der Waals surface area (Å²) < 4.78 is 0. The average Bonchev–Trinajstić information content (AvgIpc) is 2.16. The van der Waals surface area contributed by atoms with Crippen LogP contribution < -0.4 is 0 Å². The number of carbonyl (C=O) groups is 1. The molecule has 0 heterocycles. The number of hydrogen-bond donors (Lipinski definition) is 0. The fourth-order valence-corrected chi connectivity index (χ4v) is 2.70. The Balaban J connectivity index is 4.61. The van der Waals surface area contributed by atoms with Gasteiger partial charge in [-0.15, -0.1) is 0 Å². The second kappa shape index (κ2) is 7.42. The molecule has 0 amide bonds. The molecule has 102 valence electrons. The Labute approximate surface area is 112 Å². The van der Waals surface area contributed by atoms with Gasteiger partial charge < -0.3 is 4.90 Å². The minimum atomic E-state index is 0.272. The Bertz CT molecular complexity index is 230. The van der Waals surface area contributed by atoms with Crippen molar-refractivity contribution < 1.29 is 4.79 Å². The van der Waals surface area contributed by atoms with Crippen molar-refractivity contribution in [2.75, 3.05) is 13.6 Å². The Kier molecular flexibility index (Phi) is 7.41. The van der Waals surface area contributed by atoms with Crippen molar-refractivity contribution in [2.24, 2.45) is 11.3 Å². The van der Waals surface area contributed by atoms with Crippen molar-refractivity contribution in [3.63, 3.8) is 0 Å². The number of carbonyl (C=O) groups excluding carboxylic acids is 1. The third-order valence-corrected chi connectivity index (χ3v) is 4.67. The largest absolute Gasteiger partial charge is 0.303 e. The predicted octanol–water partition coefficient (Wildman–Crippen LogP) is 3.69. The zero-order chi connectivity index (χ0) is 13.6. The van der Waals surface area contributed by atoms with Crippen molar-refractivity contribution in [1.29, 1.82) is 0 Å². The Hall–Kier alpha value is -0.0200. The lowest BCUT2D eigenvalue weighted by molar-refractivity contribution is 0.107. The maximum Gasteiger partial charge on any atom is 0.176 e. The van der Waals surface area contributed by atoms with Crippen LogP contribution in [0, 0.1) is 11.3 Å². The molecule has 0 radical (unpaired) electrons. The molecule has 0 N–H and O–H groups in total. The molecular formula is C14H29NOS. The number of rotatable bonds is 8. The van der Waals surface area contributed by atoms with E-state index in [-0.39, 0.29) is 5.41 Å². The van der Waals surface area contributed by atoms with Gasteiger partial charge in [-0.25, -0.2) is 0 Å². The van der Waals surface area contributed by atoms with E-state index in [1.54, 1.807) is 0 Å². The zero-order valence-corrected chi connectivity index (χ0v) is 13.3. The lowest BCUT2D eigenvalue weighted by Crippen LogP contribution is -2.41. The minimum Gasteiger partial charge on any atom is -0.303 e. The van der Waals surface area contributed by atoms with E-state index in [1.165, 1.54) is 11.8 Å². The van der Waals surface area contributed by atoms with E-state index in [9.17, 15) is 4.79 Å². The van der Waals surface area contributed by atoms with E-state index in [0.29, 0.717) is 17.2 Å². The Morgan fingerprint density at radius 2 is 1.76 bits per heavy atom. The van der Waals surface area contributed by atoms with Crippen LogP contribution in [0.2, 0.25) is 0 Å². The second-order valence-electron chi connectivity index (χ2n) is 6.06. The highest BCUT2D eigenvalue weighted by molar-refractivity contribution is 8.12. The van der Waals surface area contributed by atoms with E-state index in [0.717, 1.165) is 18.6 Å². The van der Waals surface area contributed by atoms with E-state index in [2.05, 4.69) is 53.5 Å². The highest BCUT2D eigenvalue weighted by Gasteiger charge is 2.32. The fourth-order valence-electron chi connectivity index (χ4n) is 2.03. The summed E-state index contributed by atoms with van der Waals surface area (Å²) in [7, 11) is 2.18. The fraction of sp³-hybridized carbons (Fsp3) is 0.929. The SMILES string of the molecule is CC(CC(C)(CN(C)C(C)C)C(C)C)SC=O. The maximum atomic E-state index is 10.6. The molecule has 17 heavy (non-hydrogen) atoms. The van der Waals surface area contributed by atoms with Crippen LogP contribution in [0.4, 0.5) is 0 Å². The smallest absolute Gasteiger partial charge is 0.176 e. The average molecular weight is 259 g/mol. The molecule has 2 nitrogen and oxygen atoms in total. The van der Waals surface area contributed by atoms with Gasteiger partial charge >= 0.3 is 0 Å². The van der Waals surface area contributed by atoms with Gasteiger partial charge in [0.05, 0.1) is 0 Å². The molecule has 0 aromatic heterocycles. The molecule has 0 saturated carbocycles. The van der Waals surface area contributed by atoms with Crippen molar-refractivity contribution in [3.8, 4) is 0 Å². The van der Waals surface area contributed by atoms with Crippen LogP contribution in [0.5, 0.6) is 0 Å². The summed E-state index contributed by atoms with van der Waals surface area (Å²) in [5.41, 5.74) is 1.24. The quantitative estimate of drug-likeness (QED) is 0.620. The Morgan fingerprint density at radius 1 is 1.24 bits per heavy atom. The number of thioether (sulfide) groups is 1. The summed E-state index contributed by atoms with van der Waals surface area (Å²) in [4.78, 5) is 13.0. The van der Waals surface area contributed by atoms with Gasteiger partial charge in [-0.1, -0.05) is 39.5 Å². The molecule has 2 unspecified atom stereocenters. The molecule has 0 saturated heterocycles. The van der Waals surface area contributed by atoms with Crippen LogP contribution in [0.3, 0.4) is 0 Å². The summed E-state index contributed by atoms with van der Waals surface area (Å²) in [6.07, 6.45) is 1.09. The minimum absolute atomic E-state index is 0.272. The molecule has 0 aliphatic carbocycles. The number of nitrogens with zero attached hydrogens (tertiary/aromatic N) is 1. The third-order valence-electron chi connectivity index (χ3n) is 3.93. The predicted molar refractivity (Wildman–Crippen MR) is 79.1 cm³/mol. The first kappa shape index (κ1) is 17.0. The topological polar surface area (TPSA) is 20.3 Å². The van der Waals surface area contributed by atoms with Gasteiger partial charge in [0, 0.05) is 17.8 Å². The molecular weight excluding hydrogens is 230 g/mol. The van der Waals surface area contributed by atoms with E-state index < -0.39 is 0 Å². The van der Waals surface area contributed by atoms with Crippen LogP contribution in [-0.4, -0.2) is 35.4 Å². The number of hydrogen-bond acceptors (Lipinski definition) is 3. The van der Waals surface area contributed by atoms with Crippen molar-refractivity contribution in [2.45, 2.75) is 59.3 Å². The van der Waals surface area contributed by atoms with Gasteiger partial charge in [0.1, 0.15) is 0 Å². The van der Waals surface area contributed by atoms with Crippen LogP contribution in [0.25, 0.3) is 0 Å². The highest BCUT2D eigenvalue weighted by atomic mass is 32.2. The standard InChI is InChI=1S/C14H29NOS/c1-11(2)14(6,8-13(5)17-10-16)9-15(7)12(3)4/h10-13H,8-9H2,1-7H3. The lowest BCUT2D eigenvalue weighted by atomic mass is 9.75. The molecule has 0 aromatic carbocycles.